The maximum absolute atomic E-state index is 15.1. The van der Waals surface area contributed by atoms with Crippen LogP contribution in [0.5, 0.6) is 0 Å². The number of halogens is 2. The van der Waals surface area contributed by atoms with E-state index in [1.807, 2.05) is 19.1 Å². The van der Waals surface area contributed by atoms with E-state index in [1.54, 1.807) is 24.3 Å². The lowest BCUT2D eigenvalue weighted by molar-refractivity contribution is 0.483. The smallest absolute Gasteiger partial charge is 0.274 e. The largest absolute Gasteiger partial charge is 0.356 e. The van der Waals surface area contributed by atoms with E-state index in [1.165, 1.54) is 10.8 Å². The Morgan fingerprint density at radius 1 is 1.15 bits per heavy atom. The molecule has 2 unspecified atom stereocenters. The first kappa shape index (κ1) is 27.1. The predicted octanol–water partition coefficient (Wildman–Crippen LogP) is 6.08. The number of aryl methyl sites for hydroxylation is 2. The van der Waals surface area contributed by atoms with Crippen molar-refractivity contribution in [2.24, 2.45) is 13.0 Å². The standard InChI is InChI=1S/C29H32F2N4O3S/c1-6-16(2)7-8-25(39(5,37)38)20-11-21-22-15-34(4)29(36)27-26(22)18(12-32-27)14-35(24(21)9-17(20)3)28-23(31)10-19(30)13-33-28/h9-13,15-16,25,32H,6-8,14H2,1-5H3. The van der Waals surface area contributed by atoms with Crippen LogP contribution in [0.25, 0.3) is 22.0 Å². The van der Waals surface area contributed by atoms with Crippen molar-refractivity contribution in [1.82, 2.24) is 14.5 Å². The molecule has 3 aromatic heterocycles. The number of benzene rings is 1. The fraction of sp³-hybridized carbons (Fsp3) is 0.379. The zero-order valence-corrected chi connectivity index (χ0v) is 23.5. The number of nitrogens with zero attached hydrogens (tertiary/aromatic N) is 3. The van der Waals surface area contributed by atoms with Crippen molar-refractivity contribution in [3.8, 4) is 11.1 Å². The maximum atomic E-state index is 15.1. The van der Waals surface area contributed by atoms with Gasteiger partial charge in [-0.2, -0.15) is 0 Å². The quantitative estimate of drug-likeness (QED) is 0.299. The highest BCUT2D eigenvalue weighted by Crippen LogP contribution is 2.46. The summed E-state index contributed by atoms with van der Waals surface area (Å²) in [6.45, 7) is 6.22. The van der Waals surface area contributed by atoms with Crippen molar-refractivity contribution in [1.29, 1.82) is 0 Å². The highest BCUT2D eigenvalue weighted by Gasteiger charge is 2.31. The Bertz CT molecular complexity index is 1760. The van der Waals surface area contributed by atoms with E-state index in [0.29, 0.717) is 40.1 Å². The highest BCUT2D eigenvalue weighted by atomic mass is 32.2. The Morgan fingerprint density at radius 2 is 1.90 bits per heavy atom. The van der Waals surface area contributed by atoms with E-state index in [-0.39, 0.29) is 17.9 Å². The Labute approximate surface area is 226 Å². The number of hydrogen-bond donors (Lipinski definition) is 1. The van der Waals surface area contributed by atoms with Gasteiger partial charge in [-0.3, -0.25) is 4.79 Å². The minimum Gasteiger partial charge on any atom is -0.356 e. The Morgan fingerprint density at radius 3 is 2.56 bits per heavy atom. The molecule has 5 rings (SSSR count). The first-order valence-corrected chi connectivity index (χ1v) is 15.0. The van der Waals surface area contributed by atoms with E-state index in [9.17, 15) is 17.6 Å². The maximum Gasteiger partial charge on any atom is 0.274 e. The van der Waals surface area contributed by atoms with Crippen LogP contribution in [0.1, 0.15) is 55.1 Å². The van der Waals surface area contributed by atoms with Gasteiger partial charge in [-0.25, -0.2) is 22.2 Å². The van der Waals surface area contributed by atoms with Crippen molar-refractivity contribution < 1.29 is 17.2 Å². The molecule has 0 saturated carbocycles. The van der Waals surface area contributed by atoms with E-state index in [0.717, 1.165) is 41.8 Å². The van der Waals surface area contributed by atoms with Crippen LogP contribution >= 0.6 is 0 Å². The molecule has 0 saturated heterocycles. The van der Waals surface area contributed by atoms with Gasteiger partial charge in [0.2, 0.25) is 0 Å². The van der Waals surface area contributed by atoms with E-state index < -0.39 is 26.7 Å². The van der Waals surface area contributed by atoms with Crippen LogP contribution in [-0.2, 0) is 23.4 Å². The van der Waals surface area contributed by atoms with Crippen LogP contribution in [0.2, 0.25) is 0 Å². The van der Waals surface area contributed by atoms with Crippen LogP contribution in [0.4, 0.5) is 20.3 Å². The number of fused-ring (bicyclic) bond motifs is 2. The molecule has 4 heterocycles. The summed E-state index contributed by atoms with van der Waals surface area (Å²) in [5.41, 5.74) is 4.33. The van der Waals surface area contributed by atoms with Crippen molar-refractivity contribution in [3.05, 3.63) is 75.5 Å². The Balaban J connectivity index is 1.81. The van der Waals surface area contributed by atoms with Gasteiger partial charge in [-0.1, -0.05) is 20.3 Å². The summed E-state index contributed by atoms with van der Waals surface area (Å²) < 4.78 is 56.5. The lowest BCUT2D eigenvalue weighted by atomic mass is 9.92. The van der Waals surface area contributed by atoms with Gasteiger partial charge in [0.1, 0.15) is 11.3 Å². The monoisotopic (exact) mass is 554 g/mol. The molecule has 206 valence electrons. The van der Waals surface area contributed by atoms with Crippen LogP contribution in [0.3, 0.4) is 0 Å². The zero-order chi connectivity index (χ0) is 28.2. The predicted molar refractivity (Wildman–Crippen MR) is 150 cm³/mol. The summed E-state index contributed by atoms with van der Waals surface area (Å²) in [5, 5.41) is -0.0300. The van der Waals surface area contributed by atoms with E-state index in [2.05, 4.69) is 23.8 Å². The van der Waals surface area contributed by atoms with Gasteiger partial charge >= 0.3 is 0 Å². The zero-order valence-electron chi connectivity index (χ0n) is 22.7. The second-order valence-electron chi connectivity index (χ2n) is 10.7. The summed E-state index contributed by atoms with van der Waals surface area (Å²) >= 11 is 0. The Kier molecular flexibility index (Phi) is 6.86. The highest BCUT2D eigenvalue weighted by molar-refractivity contribution is 7.90. The summed E-state index contributed by atoms with van der Waals surface area (Å²) in [6, 6.07) is 4.50. The Hall–Kier alpha value is -3.53. The minimum absolute atomic E-state index is 0.0601. The topological polar surface area (TPSA) is 88.1 Å². The molecule has 0 spiro atoms. The molecule has 0 bridgehead atoms. The van der Waals surface area contributed by atoms with E-state index in [4.69, 9.17) is 0 Å². The summed E-state index contributed by atoms with van der Waals surface area (Å²) in [4.78, 5) is 21.8. The third-order valence-corrected chi connectivity index (χ3v) is 9.43. The molecule has 1 aromatic carbocycles. The molecule has 1 aliphatic heterocycles. The first-order valence-electron chi connectivity index (χ1n) is 13.0. The molecule has 7 nitrogen and oxygen atoms in total. The van der Waals surface area contributed by atoms with Crippen molar-refractivity contribution in [3.63, 3.8) is 0 Å². The number of aromatic amines is 1. The number of rotatable bonds is 7. The van der Waals surface area contributed by atoms with Crippen molar-refractivity contribution in [2.45, 2.75) is 51.8 Å². The molecule has 0 amide bonds. The fourth-order valence-electron chi connectivity index (χ4n) is 5.55. The number of sulfone groups is 1. The van der Waals surface area contributed by atoms with Gasteiger partial charge in [-0.05, 0) is 54.5 Å². The van der Waals surface area contributed by atoms with E-state index >= 15 is 4.39 Å². The van der Waals surface area contributed by atoms with Gasteiger partial charge in [0.25, 0.3) is 5.56 Å². The van der Waals surface area contributed by atoms with Gasteiger partial charge in [0, 0.05) is 48.3 Å². The fourth-order valence-corrected chi connectivity index (χ4v) is 6.83. The summed E-state index contributed by atoms with van der Waals surface area (Å²) in [5.74, 6) is -1.29. The molecular weight excluding hydrogens is 522 g/mol. The van der Waals surface area contributed by atoms with Crippen LogP contribution < -0.4 is 10.5 Å². The van der Waals surface area contributed by atoms with Crippen molar-refractivity contribution in [2.75, 3.05) is 11.2 Å². The average molecular weight is 555 g/mol. The van der Waals surface area contributed by atoms with Crippen LogP contribution in [0.15, 0.2) is 41.6 Å². The molecular formula is C29H32F2N4O3S. The number of aromatic nitrogens is 3. The SMILES string of the molecule is CCC(C)CCC(c1cc2c(cc1C)N(c1ncc(F)cc1F)Cc1c[nH]c3c(=O)n(C)cc-2c13)S(C)(=O)=O. The molecule has 2 atom stereocenters. The molecule has 0 fully saturated rings. The van der Waals surface area contributed by atoms with Gasteiger partial charge in [0.05, 0.1) is 23.7 Å². The number of nitrogens with one attached hydrogen (secondary N) is 1. The lowest BCUT2D eigenvalue weighted by Gasteiger charge is -2.27. The normalized spacial score (nSPS) is 14.8. The van der Waals surface area contributed by atoms with Gasteiger partial charge in [0.15, 0.2) is 21.5 Å². The molecule has 39 heavy (non-hydrogen) atoms. The average Bonchev–Trinajstić information content (AvgIpc) is 3.24. The first-order chi connectivity index (χ1) is 18.4. The lowest BCUT2D eigenvalue weighted by Crippen LogP contribution is -2.20. The van der Waals surface area contributed by atoms with Crippen molar-refractivity contribution >= 4 is 32.2 Å². The summed E-state index contributed by atoms with van der Waals surface area (Å²) in [6.07, 6.45) is 7.86. The number of H-pyrrole nitrogens is 1. The molecule has 0 aliphatic carbocycles. The third-order valence-electron chi connectivity index (χ3n) is 7.91. The molecule has 10 heteroatoms. The minimum atomic E-state index is -3.46. The number of pyridine rings is 2. The molecule has 1 aliphatic rings. The number of hydrogen-bond acceptors (Lipinski definition) is 5. The second kappa shape index (κ2) is 9.89. The third kappa shape index (κ3) is 4.75. The van der Waals surface area contributed by atoms with Crippen LogP contribution in [0, 0.1) is 24.5 Å². The van der Waals surface area contributed by atoms with Gasteiger partial charge < -0.3 is 14.5 Å². The second-order valence-corrected chi connectivity index (χ2v) is 12.9. The molecule has 1 N–H and O–H groups in total. The number of anilines is 2. The molecule has 4 aromatic rings. The van der Waals surface area contributed by atoms with Crippen LogP contribution in [-0.4, -0.2) is 29.2 Å². The molecule has 0 radical (unpaired) electrons. The summed E-state index contributed by atoms with van der Waals surface area (Å²) in [7, 11) is -1.81. The van der Waals surface area contributed by atoms with Gasteiger partial charge in [-0.15, -0.1) is 0 Å².